The zero-order chi connectivity index (χ0) is 16.0. The lowest BCUT2D eigenvalue weighted by Crippen LogP contribution is -2.41. The molecular weight excluding hydrogens is 300 g/mol. The van der Waals surface area contributed by atoms with E-state index in [9.17, 15) is 18.0 Å². The van der Waals surface area contributed by atoms with Crippen LogP contribution in [0.2, 0.25) is 0 Å². The number of ether oxygens (including phenoxy) is 2. The van der Waals surface area contributed by atoms with Crippen LogP contribution in [0.1, 0.15) is 10.4 Å². The second-order valence-electron chi connectivity index (χ2n) is 4.10. The number of benzene rings is 1. The van der Waals surface area contributed by atoms with Crippen molar-refractivity contribution >= 4 is 22.4 Å². The third-order valence-electron chi connectivity index (χ3n) is 2.43. The first-order valence-electron chi connectivity index (χ1n) is 5.80. The number of rotatable bonds is 7. The number of hydrogen-bond acceptors (Lipinski definition) is 6. The topological polar surface area (TPSA) is 102 Å². The second kappa shape index (κ2) is 7.04. The molecule has 0 saturated carbocycles. The molecule has 116 valence electrons. The van der Waals surface area contributed by atoms with Crippen molar-refractivity contribution in [3.8, 4) is 11.5 Å². The van der Waals surface area contributed by atoms with Crippen LogP contribution >= 0.6 is 0 Å². The Bertz CT molecular complexity index is 627. The molecule has 0 radical (unpaired) electrons. The van der Waals surface area contributed by atoms with Gasteiger partial charge >= 0.3 is 10.2 Å². The average Bonchev–Trinajstić information content (AvgIpc) is 2.43. The van der Waals surface area contributed by atoms with E-state index >= 15 is 0 Å². The molecule has 0 aliphatic rings. The summed E-state index contributed by atoms with van der Waals surface area (Å²) in [6.07, 6.45) is 0.548. The lowest BCUT2D eigenvalue weighted by molar-refractivity contribution is -0.121. The molecule has 8 nitrogen and oxygen atoms in total. The number of para-hydroxylation sites is 1. The molecule has 0 atom stereocenters. The predicted octanol–water partition coefficient (Wildman–Crippen LogP) is -0.191. The van der Waals surface area contributed by atoms with Gasteiger partial charge in [0, 0.05) is 14.1 Å². The Morgan fingerprint density at radius 3 is 2.57 bits per heavy atom. The van der Waals surface area contributed by atoms with Gasteiger partial charge in [0.2, 0.25) is 0 Å². The molecule has 0 aliphatic heterocycles. The Hall–Kier alpha value is -2.13. The van der Waals surface area contributed by atoms with Gasteiger partial charge in [0.15, 0.2) is 24.4 Å². The van der Waals surface area contributed by atoms with E-state index in [2.05, 4.69) is 0 Å². The maximum atomic E-state index is 11.6. The minimum Gasteiger partial charge on any atom is -0.493 e. The number of aldehydes is 1. The maximum Gasteiger partial charge on any atom is 0.303 e. The summed E-state index contributed by atoms with van der Waals surface area (Å²) in [6.45, 7) is -0.575. The Morgan fingerprint density at radius 1 is 1.38 bits per heavy atom. The summed E-state index contributed by atoms with van der Waals surface area (Å²) in [5.41, 5.74) is 0.192. The number of nitrogens with one attached hydrogen (secondary N) is 1. The van der Waals surface area contributed by atoms with Gasteiger partial charge in [-0.05, 0) is 12.1 Å². The fourth-order valence-electron chi connectivity index (χ4n) is 1.34. The number of carbonyl (C=O) groups is 2. The molecule has 1 aromatic carbocycles. The van der Waals surface area contributed by atoms with Crippen LogP contribution in [0.4, 0.5) is 0 Å². The van der Waals surface area contributed by atoms with E-state index in [4.69, 9.17) is 9.47 Å². The third kappa shape index (κ3) is 4.43. The molecular formula is C12H16N2O6S. The fraction of sp³-hybridized carbons (Fsp3) is 0.333. The lowest BCUT2D eigenvalue weighted by Gasteiger charge is -2.14. The summed E-state index contributed by atoms with van der Waals surface area (Å²) in [5, 5.41) is 0. The van der Waals surface area contributed by atoms with Gasteiger partial charge in [-0.15, -0.1) is 0 Å². The summed E-state index contributed by atoms with van der Waals surface area (Å²) >= 11 is 0. The average molecular weight is 316 g/mol. The van der Waals surface area contributed by atoms with Gasteiger partial charge in [-0.1, -0.05) is 6.07 Å². The van der Waals surface area contributed by atoms with Crippen LogP contribution in [0.25, 0.3) is 0 Å². The number of carbonyl (C=O) groups excluding carboxylic acids is 2. The molecule has 0 spiro atoms. The number of hydrogen-bond donors (Lipinski definition) is 1. The molecule has 0 fully saturated rings. The zero-order valence-corrected chi connectivity index (χ0v) is 12.6. The summed E-state index contributed by atoms with van der Waals surface area (Å²) in [5.74, 6) is -0.526. The van der Waals surface area contributed by atoms with E-state index in [1.807, 2.05) is 0 Å². The van der Waals surface area contributed by atoms with E-state index < -0.39 is 22.7 Å². The van der Waals surface area contributed by atoms with Gasteiger partial charge in [-0.25, -0.2) is 4.72 Å². The smallest absolute Gasteiger partial charge is 0.303 e. The fourth-order valence-corrected chi connectivity index (χ4v) is 1.87. The highest BCUT2D eigenvalue weighted by Gasteiger charge is 2.18. The monoisotopic (exact) mass is 316 g/mol. The number of methoxy groups -OCH3 is 1. The number of amides is 1. The van der Waals surface area contributed by atoms with Crippen LogP contribution in [-0.4, -0.2) is 52.7 Å². The molecule has 21 heavy (non-hydrogen) atoms. The Kier molecular flexibility index (Phi) is 5.68. The quantitative estimate of drug-likeness (QED) is 0.700. The third-order valence-corrected chi connectivity index (χ3v) is 3.87. The number of nitrogens with zero attached hydrogens (tertiary/aromatic N) is 1. The van der Waals surface area contributed by atoms with Crippen LogP contribution in [0.3, 0.4) is 0 Å². The Labute approximate surface area is 122 Å². The Morgan fingerprint density at radius 2 is 2.05 bits per heavy atom. The highest BCUT2D eigenvalue weighted by molar-refractivity contribution is 7.87. The van der Waals surface area contributed by atoms with Gasteiger partial charge < -0.3 is 9.47 Å². The first-order valence-corrected chi connectivity index (χ1v) is 7.24. The summed E-state index contributed by atoms with van der Waals surface area (Å²) in [7, 11) is 0.0600. The van der Waals surface area contributed by atoms with Crippen LogP contribution < -0.4 is 14.2 Å². The standard InChI is InChI=1S/C12H16N2O6S/c1-14(2)21(17,18)13-11(16)8-20-12-9(7-15)5-4-6-10(12)19-3/h4-7H,8H2,1-3H3,(H,13,16). The molecule has 0 saturated heterocycles. The van der Waals surface area contributed by atoms with Crippen molar-refractivity contribution in [2.24, 2.45) is 0 Å². The molecule has 0 aromatic heterocycles. The first kappa shape index (κ1) is 16.9. The van der Waals surface area contributed by atoms with E-state index in [0.717, 1.165) is 4.31 Å². The van der Waals surface area contributed by atoms with Crippen molar-refractivity contribution in [1.82, 2.24) is 9.03 Å². The van der Waals surface area contributed by atoms with Crippen molar-refractivity contribution < 1.29 is 27.5 Å². The normalized spacial score (nSPS) is 11.0. The Balaban J connectivity index is 2.80. The molecule has 1 rings (SSSR count). The van der Waals surface area contributed by atoms with Gasteiger partial charge in [-0.2, -0.15) is 12.7 Å². The molecule has 1 N–H and O–H groups in total. The van der Waals surface area contributed by atoms with Gasteiger partial charge in [-0.3, -0.25) is 9.59 Å². The van der Waals surface area contributed by atoms with E-state index in [0.29, 0.717) is 6.29 Å². The summed E-state index contributed by atoms with van der Waals surface area (Å²) < 4.78 is 35.8. The predicted molar refractivity (Wildman–Crippen MR) is 74.6 cm³/mol. The van der Waals surface area contributed by atoms with Gasteiger partial charge in [0.05, 0.1) is 12.7 Å². The molecule has 1 amide bonds. The maximum absolute atomic E-state index is 11.6. The summed E-state index contributed by atoms with van der Waals surface area (Å²) in [6, 6.07) is 4.63. The van der Waals surface area contributed by atoms with Crippen molar-refractivity contribution in [2.75, 3.05) is 27.8 Å². The van der Waals surface area contributed by atoms with Crippen LogP contribution in [-0.2, 0) is 15.0 Å². The van der Waals surface area contributed by atoms with E-state index in [1.54, 1.807) is 16.9 Å². The summed E-state index contributed by atoms with van der Waals surface area (Å²) in [4.78, 5) is 22.5. The molecule has 0 bridgehead atoms. The van der Waals surface area contributed by atoms with E-state index in [-0.39, 0.29) is 17.1 Å². The van der Waals surface area contributed by atoms with Crippen LogP contribution in [0, 0.1) is 0 Å². The SMILES string of the molecule is COc1cccc(C=O)c1OCC(=O)NS(=O)(=O)N(C)C. The minimum atomic E-state index is -3.88. The zero-order valence-electron chi connectivity index (χ0n) is 11.8. The van der Waals surface area contributed by atoms with Gasteiger partial charge in [0.1, 0.15) is 0 Å². The van der Waals surface area contributed by atoms with Crippen molar-refractivity contribution in [3.63, 3.8) is 0 Å². The van der Waals surface area contributed by atoms with Crippen molar-refractivity contribution in [3.05, 3.63) is 23.8 Å². The highest BCUT2D eigenvalue weighted by Crippen LogP contribution is 2.29. The molecule has 0 heterocycles. The first-order chi connectivity index (χ1) is 9.81. The molecule has 0 aliphatic carbocycles. The van der Waals surface area contributed by atoms with Gasteiger partial charge in [0.25, 0.3) is 5.91 Å². The van der Waals surface area contributed by atoms with Crippen molar-refractivity contribution in [1.29, 1.82) is 0 Å². The van der Waals surface area contributed by atoms with Crippen LogP contribution in [0.15, 0.2) is 18.2 Å². The molecule has 0 unspecified atom stereocenters. The van der Waals surface area contributed by atoms with Crippen LogP contribution in [0.5, 0.6) is 11.5 Å². The minimum absolute atomic E-state index is 0.0763. The second-order valence-corrected chi connectivity index (χ2v) is 5.98. The van der Waals surface area contributed by atoms with E-state index in [1.165, 1.54) is 27.3 Å². The largest absolute Gasteiger partial charge is 0.493 e. The van der Waals surface area contributed by atoms with Crippen molar-refractivity contribution in [2.45, 2.75) is 0 Å². The molecule has 1 aromatic rings. The molecule has 9 heteroatoms. The lowest BCUT2D eigenvalue weighted by atomic mass is 10.2. The highest BCUT2D eigenvalue weighted by atomic mass is 32.2.